The fraction of sp³-hybridized carbons (Fsp3) is 0.227. The van der Waals surface area contributed by atoms with Gasteiger partial charge in [0, 0.05) is 24.5 Å². The number of nitrogens with zero attached hydrogens (tertiary/aromatic N) is 2. The largest absolute Gasteiger partial charge is 0.487 e. The van der Waals surface area contributed by atoms with Crippen LogP contribution in [-0.2, 0) is 17.9 Å². The summed E-state index contributed by atoms with van der Waals surface area (Å²) >= 11 is 1.58. The molecule has 29 heavy (non-hydrogen) atoms. The molecule has 2 aromatic carbocycles. The number of carbonyl (C=O) groups is 2. The van der Waals surface area contributed by atoms with E-state index in [-0.39, 0.29) is 11.9 Å². The zero-order valence-corrected chi connectivity index (χ0v) is 17.4. The highest BCUT2D eigenvalue weighted by atomic mass is 32.1. The Hall–Kier alpha value is -3.19. The smallest absolute Gasteiger partial charge is 0.337 e. The van der Waals surface area contributed by atoms with E-state index in [0.29, 0.717) is 30.0 Å². The number of aryl methyl sites for hydroxylation is 1. The average Bonchev–Trinajstić information content (AvgIpc) is 3.17. The molecule has 0 N–H and O–H groups in total. The van der Waals surface area contributed by atoms with E-state index in [1.807, 2.05) is 30.5 Å². The molecule has 0 radical (unpaired) electrons. The molecule has 0 saturated carbocycles. The molecule has 0 aliphatic heterocycles. The highest BCUT2D eigenvalue weighted by molar-refractivity contribution is 7.09. The molecule has 1 amide bonds. The summed E-state index contributed by atoms with van der Waals surface area (Å²) in [6.07, 6.45) is 0. The average molecular weight is 410 g/mol. The number of esters is 1. The van der Waals surface area contributed by atoms with Crippen molar-refractivity contribution in [2.45, 2.75) is 20.1 Å². The van der Waals surface area contributed by atoms with Crippen LogP contribution in [0, 0.1) is 6.92 Å². The normalized spacial score (nSPS) is 10.4. The van der Waals surface area contributed by atoms with Gasteiger partial charge in [-0.05, 0) is 42.8 Å². The number of benzene rings is 2. The summed E-state index contributed by atoms with van der Waals surface area (Å²) in [6.45, 7) is 2.74. The Bertz CT molecular complexity index is 998. The molecule has 0 fully saturated rings. The van der Waals surface area contributed by atoms with Crippen LogP contribution in [0.3, 0.4) is 0 Å². The quantitative estimate of drug-likeness (QED) is 0.549. The molecule has 0 aliphatic carbocycles. The van der Waals surface area contributed by atoms with Crippen molar-refractivity contribution in [1.82, 2.24) is 9.88 Å². The molecular formula is C22H22N2O4S. The maximum absolute atomic E-state index is 12.8. The van der Waals surface area contributed by atoms with Gasteiger partial charge in [-0.1, -0.05) is 18.2 Å². The van der Waals surface area contributed by atoms with Gasteiger partial charge < -0.3 is 14.4 Å². The highest BCUT2D eigenvalue weighted by Gasteiger charge is 2.14. The lowest BCUT2D eigenvalue weighted by Gasteiger charge is -2.18. The predicted molar refractivity (Wildman–Crippen MR) is 111 cm³/mol. The van der Waals surface area contributed by atoms with Crippen molar-refractivity contribution in [3.05, 3.63) is 81.3 Å². The van der Waals surface area contributed by atoms with Crippen LogP contribution in [0.25, 0.3) is 0 Å². The molecular weight excluding hydrogens is 388 g/mol. The summed E-state index contributed by atoms with van der Waals surface area (Å²) in [7, 11) is 3.08. The minimum Gasteiger partial charge on any atom is -0.487 e. The number of hydrogen-bond acceptors (Lipinski definition) is 6. The van der Waals surface area contributed by atoms with E-state index >= 15 is 0 Å². The van der Waals surface area contributed by atoms with Crippen LogP contribution in [0.2, 0.25) is 0 Å². The van der Waals surface area contributed by atoms with Gasteiger partial charge in [0.05, 0.1) is 23.4 Å². The molecule has 3 aromatic rings. The third-order valence-corrected chi connectivity index (χ3v) is 5.10. The van der Waals surface area contributed by atoms with Crippen LogP contribution in [-0.4, -0.2) is 35.9 Å². The predicted octanol–water partition coefficient (Wildman–Crippen LogP) is 4.09. The highest BCUT2D eigenvalue weighted by Crippen LogP contribution is 2.18. The molecule has 0 saturated heterocycles. The Kier molecular flexibility index (Phi) is 6.61. The second-order valence-electron chi connectivity index (χ2n) is 6.52. The zero-order valence-electron chi connectivity index (χ0n) is 16.5. The lowest BCUT2D eigenvalue weighted by atomic mass is 10.1. The minimum absolute atomic E-state index is 0.114. The number of carbonyl (C=O) groups excluding carboxylic acids is 2. The second kappa shape index (κ2) is 9.34. The van der Waals surface area contributed by atoms with Gasteiger partial charge in [0.25, 0.3) is 5.91 Å². The molecule has 3 rings (SSSR count). The molecule has 0 bridgehead atoms. The van der Waals surface area contributed by atoms with Gasteiger partial charge in [0.1, 0.15) is 12.4 Å². The Morgan fingerprint density at radius 3 is 2.52 bits per heavy atom. The number of hydrogen-bond donors (Lipinski definition) is 0. The van der Waals surface area contributed by atoms with Crippen LogP contribution < -0.4 is 4.74 Å². The summed E-state index contributed by atoms with van der Waals surface area (Å²) in [6, 6.07) is 14.1. The molecule has 0 aliphatic rings. The van der Waals surface area contributed by atoms with Gasteiger partial charge in [-0.15, -0.1) is 11.3 Å². The topological polar surface area (TPSA) is 68.7 Å². The Labute approximate surface area is 173 Å². The number of amides is 1. The van der Waals surface area contributed by atoms with Crippen molar-refractivity contribution in [2.24, 2.45) is 0 Å². The molecule has 7 heteroatoms. The van der Waals surface area contributed by atoms with Crippen molar-refractivity contribution in [3.63, 3.8) is 0 Å². The van der Waals surface area contributed by atoms with Gasteiger partial charge in [-0.3, -0.25) is 4.79 Å². The first-order valence-electron chi connectivity index (χ1n) is 9.03. The zero-order chi connectivity index (χ0) is 20.8. The van der Waals surface area contributed by atoms with Crippen molar-refractivity contribution in [1.29, 1.82) is 0 Å². The standard InChI is InChI=1S/C22H22N2O4S/c1-15-23-19(14-29-15)13-28-20-6-4-5-18(11-20)21(25)24(2)12-16-7-9-17(10-8-16)22(26)27-3/h4-11,14H,12-13H2,1-3H3. The minimum atomic E-state index is -0.384. The maximum Gasteiger partial charge on any atom is 0.337 e. The van der Waals surface area contributed by atoms with E-state index in [9.17, 15) is 9.59 Å². The van der Waals surface area contributed by atoms with E-state index in [4.69, 9.17) is 9.47 Å². The van der Waals surface area contributed by atoms with Crippen LogP contribution in [0.15, 0.2) is 53.9 Å². The summed E-state index contributed by atoms with van der Waals surface area (Å²) in [5, 5.41) is 2.96. The first-order valence-corrected chi connectivity index (χ1v) is 9.91. The molecule has 0 spiro atoms. The second-order valence-corrected chi connectivity index (χ2v) is 7.59. The van der Waals surface area contributed by atoms with Gasteiger partial charge in [-0.25, -0.2) is 9.78 Å². The first kappa shape index (κ1) is 20.5. The molecule has 150 valence electrons. The first-order chi connectivity index (χ1) is 14.0. The fourth-order valence-electron chi connectivity index (χ4n) is 2.78. The number of rotatable bonds is 7. The van der Waals surface area contributed by atoms with E-state index in [2.05, 4.69) is 4.98 Å². The van der Waals surface area contributed by atoms with Gasteiger partial charge in [0.2, 0.25) is 0 Å². The Balaban J connectivity index is 1.62. The van der Waals surface area contributed by atoms with Crippen molar-refractivity contribution in [2.75, 3.05) is 14.2 Å². The molecule has 1 aromatic heterocycles. The van der Waals surface area contributed by atoms with Gasteiger partial charge >= 0.3 is 5.97 Å². The Morgan fingerprint density at radius 1 is 1.10 bits per heavy atom. The van der Waals surface area contributed by atoms with E-state index in [0.717, 1.165) is 16.3 Å². The monoisotopic (exact) mass is 410 g/mol. The van der Waals surface area contributed by atoms with E-state index < -0.39 is 0 Å². The third-order valence-electron chi connectivity index (χ3n) is 4.28. The van der Waals surface area contributed by atoms with Crippen LogP contribution in [0.1, 0.15) is 37.0 Å². The number of thiazole rings is 1. The summed E-state index contributed by atoms with van der Waals surface area (Å²) < 4.78 is 10.5. The fourth-order valence-corrected chi connectivity index (χ4v) is 3.38. The lowest BCUT2D eigenvalue weighted by Crippen LogP contribution is -2.26. The summed E-state index contributed by atoms with van der Waals surface area (Å²) in [5.74, 6) is 0.125. The van der Waals surface area contributed by atoms with Crippen molar-refractivity contribution in [3.8, 4) is 5.75 Å². The SMILES string of the molecule is COC(=O)c1ccc(CN(C)C(=O)c2cccc(OCc3csc(C)n3)c2)cc1. The Morgan fingerprint density at radius 2 is 1.86 bits per heavy atom. The van der Waals surface area contributed by atoms with Crippen LogP contribution in [0.5, 0.6) is 5.75 Å². The maximum atomic E-state index is 12.8. The van der Waals surface area contributed by atoms with Gasteiger partial charge in [0.15, 0.2) is 0 Å². The number of aromatic nitrogens is 1. The van der Waals surface area contributed by atoms with Crippen molar-refractivity contribution < 1.29 is 19.1 Å². The molecule has 6 nitrogen and oxygen atoms in total. The lowest BCUT2D eigenvalue weighted by molar-refractivity contribution is 0.0600. The van der Waals surface area contributed by atoms with Gasteiger partial charge in [-0.2, -0.15) is 0 Å². The molecule has 0 atom stereocenters. The van der Waals surface area contributed by atoms with Crippen LogP contribution in [0.4, 0.5) is 0 Å². The van der Waals surface area contributed by atoms with Crippen molar-refractivity contribution >= 4 is 23.2 Å². The summed E-state index contributed by atoms with van der Waals surface area (Å²) in [5.41, 5.74) is 2.81. The summed E-state index contributed by atoms with van der Waals surface area (Å²) in [4.78, 5) is 30.3. The number of ether oxygens (including phenoxy) is 2. The van der Waals surface area contributed by atoms with E-state index in [1.165, 1.54) is 7.11 Å². The van der Waals surface area contributed by atoms with Crippen LogP contribution >= 0.6 is 11.3 Å². The number of methoxy groups -OCH3 is 1. The molecule has 0 unspecified atom stereocenters. The molecule has 1 heterocycles. The van der Waals surface area contributed by atoms with E-state index in [1.54, 1.807) is 53.6 Å². The third kappa shape index (κ3) is 5.42.